The number of aromatic hydroxyl groups is 1. The summed E-state index contributed by atoms with van der Waals surface area (Å²) in [6, 6.07) is 11.1. The number of rotatable bonds is 4. The van der Waals surface area contributed by atoms with E-state index in [1.165, 1.54) is 4.88 Å². The van der Waals surface area contributed by atoms with Gasteiger partial charge in [0.05, 0.1) is 10.2 Å². The van der Waals surface area contributed by atoms with E-state index >= 15 is 0 Å². The maximum atomic E-state index is 12.4. The van der Waals surface area contributed by atoms with Gasteiger partial charge in [-0.05, 0) is 45.8 Å². The number of hydrogen-bond acceptors (Lipinski definition) is 4. The summed E-state index contributed by atoms with van der Waals surface area (Å²) in [7, 11) is 0. The highest BCUT2D eigenvalue weighted by Crippen LogP contribution is 2.23. The van der Waals surface area contributed by atoms with Crippen LogP contribution in [0.5, 0.6) is 5.75 Å². The molecule has 6 heteroatoms. The number of carbonyl (C=O) groups excluding carboxylic acids is 1. The molecule has 3 rings (SSSR count). The first-order valence-electron chi connectivity index (χ1n) is 7.62. The second-order valence-electron chi connectivity index (χ2n) is 5.71. The number of carbonyl (C=O) groups is 1. The lowest BCUT2D eigenvalue weighted by molar-refractivity contribution is -0.132. The maximum Gasteiger partial charge on any atom is 0.227 e. The third-order valence-corrected chi connectivity index (χ3v) is 5.63. The van der Waals surface area contributed by atoms with E-state index in [1.807, 2.05) is 4.90 Å². The summed E-state index contributed by atoms with van der Waals surface area (Å²) in [5, 5.41) is 9.29. The Kier molecular flexibility index (Phi) is 5.35. The average molecular weight is 395 g/mol. The molecule has 1 aromatic heterocycles. The highest BCUT2D eigenvalue weighted by molar-refractivity contribution is 9.11. The highest BCUT2D eigenvalue weighted by atomic mass is 79.9. The Hall–Kier alpha value is -1.37. The molecule has 23 heavy (non-hydrogen) atoms. The molecule has 0 unspecified atom stereocenters. The molecule has 1 fully saturated rings. The van der Waals surface area contributed by atoms with Crippen LogP contribution in [0.2, 0.25) is 0 Å². The molecule has 0 atom stereocenters. The first kappa shape index (κ1) is 16.5. The molecule has 0 spiro atoms. The van der Waals surface area contributed by atoms with Gasteiger partial charge < -0.3 is 10.0 Å². The van der Waals surface area contributed by atoms with Crippen LogP contribution in [0.25, 0.3) is 0 Å². The van der Waals surface area contributed by atoms with Gasteiger partial charge in [-0.15, -0.1) is 11.3 Å². The maximum absolute atomic E-state index is 12.4. The van der Waals surface area contributed by atoms with Crippen LogP contribution in [0.3, 0.4) is 0 Å². The van der Waals surface area contributed by atoms with E-state index in [0.29, 0.717) is 6.42 Å². The van der Waals surface area contributed by atoms with Gasteiger partial charge in [-0.3, -0.25) is 9.69 Å². The van der Waals surface area contributed by atoms with Crippen molar-refractivity contribution in [3.63, 3.8) is 0 Å². The van der Waals surface area contributed by atoms with Crippen molar-refractivity contribution in [3.8, 4) is 5.75 Å². The zero-order valence-electron chi connectivity index (χ0n) is 12.7. The minimum absolute atomic E-state index is 0.161. The van der Waals surface area contributed by atoms with Gasteiger partial charge in [-0.2, -0.15) is 0 Å². The fraction of sp³-hybridized carbons (Fsp3) is 0.353. The molecule has 1 saturated heterocycles. The van der Waals surface area contributed by atoms with E-state index in [0.717, 1.165) is 42.1 Å². The molecule has 0 radical (unpaired) electrons. The summed E-state index contributed by atoms with van der Waals surface area (Å²) < 4.78 is 1.16. The van der Waals surface area contributed by atoms with E-state index < -0.39 is 0 Å². The molecule has 1 amide bonds. The normalized spacial score (nSPS) is 15.8. The van der Waals surface area contributed by atoms with Crippen LogP contribution in [0.1, 0.15) is 10.4 Å². The lowest BCUT2D eigenvalue weighted by Gasteiger charge is -2.34. The van der Waals surface area contributed by atoms with Crippen LogP contribution in [0.4, 0.5) is 0 Å². The van der Waals surface area contributed by atoms with Crippen molar-refractivity contribution in [1.82, 2.24) is 9.80 Å². The largest absolute Gasteiger partial charge is 0.508 e. The third kappa shape index (κ3) is 4.56. The molecule has 1 aliphatic rings. The van der Waals surface area contributed by atoms with Crippen molar-refractivity contribution >= 4 is 33.2 Å². The topological polar surface area (TPSA) is 43.8 Å². The van der Waals surface area contributed by atoms with Crippen molar-refractivity contribution in [3.05, 3.63) is 50.6 Å². The van der Waals surface area contributed by atoms with Gasteiger partial charge in [0.1, 0.15) is 5.75 Å². The summed E-state index contributed by atoms with van der Waals surface area (Å²) in [6.45, 7) is 4.34. The summed E-state index contributed by atoms with van der Waals surface area (Å²) in [6.07, 6.45) is 0.401. The fourth-order valence-electron chi connectivity index (χ4n) is 2.71. The smallest absolute Gasteiger partial charge is 0.227 e. The number of phenols is 1. The number of hydrogen-bond donors (Lipinski definition) is 1. The summed E-state index contributed by atoms with van der Waals surface area (Å²) >= 11 is 5.26. The number of thiophene rings is 1. The molecule has 0 bridgehead atoms. The van der Waals surface area contributed by atoms with Gasteiger partial charge in [0.15, 0.2) is 0 Å². The fourth-order valence-corrected chi connectivity index (χ4v) is 4.24. The molecular formula is C17H19BrN2O2S. The molecule has 1 aromatic carbocycles. The van der Waals surface area contributed by atoms with Gasteiger partial charge in [0, 0.05) is 37.6 Å². The van der Waals surface area contributed by atoms with Crippen molar-refractivity contribution in [2.45, 2.75) is 13.0 Å². The Morgan fingerprint density at radius 3 is 2.39 bits per heavy atom. The number of phenolic OH excluding ortho intramolecular Hbond substituents is 1. The minimum atomic E-state index is 0.161. The molecule has 2 aromatic rings. The number of halogens is 1. The number of nitrogens with zero attached hydrogens (tertiary/aromatic N) is 2. The van der Waals surface area contributed by atoms with Crippen molar-refractivity contribution in [1.29, 1.82) is 0 Å². The molecule has 122 valence electrons. The second kappa shape index (κ2) is 7.47. The van der Waals surface area contributed by atoms with Crippen molar-refractivity contribution in [2.75, 3.05) is 26.2 Å². The van der Waals surface area contributed by atoms with Crippen LogP contribution in [-0.2, 0) is 17.8 Å². The molecule has 1 aliphatic heterocycles. The van der Waals surface area contributed by atoms with Crippen LogP contribution >= 0.6 is 27.3 Å². The van der Waals surface area contributed by atoms with Gasteiger partial charge >= 0.3 is 0 Å². The molecule has 4 nitrogen and oxygen atoms in total. The third-order valence-electron chi connectivity index (χ3n) is 4.02. The minimum Gasteiger partial charge on any atom is -0.508 e. The van der Waals surface area contributed by atoms with Crippen molar-refractivity contribution in [2.24, 2.45) is 0 Å². The van der Waals surface area contributed by atoms with Gasteiger partial charge in [0.2, 0.25) is 5.91 Å². The van der Waals surface area contributed by atoms with Crippen molar-refractivity contribution < 1.29 is 9.90 Å². The summed E-state index contributed by atoms with van der Waals surface area (Å²) in [5.41, 5.74) is 0.943. The lowest BCUT2D eigenvalue weighted by atomic mass is 10.1. The Bertz CT molecular complexity index is 663. The Balaban J connectivity index is 1.48. The molecule has 2 heterocycles. The van der Waals surface area contributed by atoms with E-state index in [2.05, 4.69) is 33.0 Å². The van der Waals surface area contributed by atoms with Gasteiger partial charge in [-0.1, -0.05) is 12.1 Å². The van der Waals surface area contributed by atoms with E-state index in [1.54, 1.807) is 35.6 Å². The Morgan fingerprint density at radius 2 is 1.78 bits per heavy atom. The number of piperazine rings is 1. The van der Waals surface area contributed by atoms with E-state index in [4.69, 9.17) is 0 Å². The number of amides is 1. The predicted octanol–water partition coefficient (Wildman–Crippen LogP) is 3.10. The van der Waals surface area contributed by atoms with E-state index in [-0.39, 0.29) is 11.7 Å². The molecule has 0 saturated carbocycles. The second-order valence-corrected chi connectivity index (χ2v) is 8.25. The number of benzene rings is 1. The summed E-state index contributed by atoms with van der Waals surface area (Å²) in [4.78, 5) is 18.0. The molecular weight excluding hydrogens is 376 g/mol. The van der Waals surface area contributed by atoms with Gasteiger partial charge in [0.25, 0.3) is 0 Å². The first-order valence-corrected chi connectivity index (χ1v) is 9.23. The van der Waals surface area contributed by atoms with Gasteiger partial charge in [-0.25, -0.2) is 0 Å². The monoisotopic (exact) mass is 394 g/mol. The quantitative estimate of drug-likeness (QED) is 0.866. The predicted molar refractivity (Wildman–Crippen MR) is 95.7 cm³/mol. The van der Waals surface area contributed by atoms with Crippen LogP contribution < -0.4 is 0 Å². The van der Waals surface area contributed by atoms with E-state index in [9.17, 15) is 9.90 Å². The van der Waals surface area contributed by atoms with Crippen LogP contribution in [0, 0.1) is 0 Å². The highest BCUT2D eigenvalue weighted by Gasteiger charge is 2.21. The standard InChI is InChI=1S/C17H19BrN2O2S/c18-16-6-5-15(23-16)12-19-7-9-20(10-8-19)17(22)11-13-1-3-14(21)4-2-13/h1-6,21H,7-12H2. The van der Waals surface area contributed by atoms with Crippen LogP contribution in [0.15, 0.2) is 40.2 Å². The molecule has 1 N–H and O–H groups in total. The Morgan fingerprint density at radius 1 is 1.09 bits per heavy atom. The lowest BCUT2D eigenvalue weighted by Crippen LogP contribution is -2.48. The summed E-state index contributed by atoms with van der Waals surface area (Å²) in [5.74, 6) is 0.393. The Labute approximate surface area is 148 Å². The van der Waals surface area contributed by atoms with Crippen LogP contribution in [-0.4, -0.2) is 47.0 Å². The zero-order chi connectivity index (χ0) is 16.2. The first-order chi connectivity index (χ1) is 11.1. The SMILES string of the molecule is O=C(Cc1ccc(O)cc1)N1CCN(Cc2ccc(Br)s2)CC1. The molecule has 0 aliphatic carbocycles. The average Bonchev–Trinajstić information content (AvgIpc) is 2.95. The zero-order valence-corrected chi connectivity index (χ0v) is 15.1.